The molecule has 0 amide bonds. The van der Waals surface area contributed by atoms with Crippen LogP contribution in [-0.4, -0.2) is 46.8 Å². The first-order valence-corrected chi connectivity index (χ1v) is 11.2. The highest BCUT2D eigenvalue weighted by atomic mass is 32.1. The maximum Gasteiger partial charge on any atom is 0.357 e. The van der Waals surface area contributed by atoms with Crippen molar-refractivity contribution in [2.45, 2.75) is 0 Å². The van der Waals surface area contributed by atoms with Crippen LogP contribution in [-0.2, 0) is 0 Å². The Bertz CT molecular complexity index is 1230. The van der Waals surface area contributed by atoms with E-state index in [9.17, 15) is 20.2 Å². The van der Waals surface area contributed by atoms with Crippen LogP contribution in [0.5, 0.6) is 0 Å². The van der Waals surface area contributed by atoms with Crippen molar-refractivity contribution in [3.05, 3.63) is 44.5 Å². The summed E-state index contributed by atoms with van der Waals surface area (Å²) in [6.45, 7) is 0. The summed E-state index contributed by atoms with van der Waals surface area (Å²) in [5, 5.41) is 26.1. The molecule has 160 valence electrons. The fourth-order valence-corrected chi connectivity index (χ4v) is 5.72. The van der Waals surface area contributed by atoms with Gasteiger partial charge >= 0.3 is 11.4 Å². The van der Waals surface area contributed by atoms with E-state index >= 15 is 0 Å². The molecule has 0 bridgehead atoms. The summed E-state index contributed by atoms with van der Waals surface area (Å²) in [7, 11) is 7.42. The predicted molar refractivity (Wildman–Crippen MR) is 126 cm³/mol. The third-order valence-electron chi connectivity index (χ3n) is 4.58. The number of hydrogen-bond donors (Lipinski definition) is 0. The number of anilines is 2. The molecule has 0 unspecified atom stereocenters. The molecule has 31 heavy (non-hydrogen) atoms. The summed E-state index contributed by atoms with van der Waals surface area (Å²) in [5.74, 6) is 0. The second kappa shape index (κ2) is 7.83. The second-order valence-corrected chi connectivity index (χ2v) is 9.64. The standard InChI is InChI=1S/C18H16N6O4S3/c1-21(2)11-7-5-9(29-11)13-15-16(20-31-19-15)14(10-6-8-12(30-10)22(3)4)18(24(27)28)17(13)23(25)26/h5-8H,1-4H3. The number of thiophene rings is 2. The number of aromatic nitrogens is 2. The molecule has 4 rings (SSSR count). The third kappa shape index (κ3) is 3.49. The first-order valence-electron chi connectivity index (χ1n) is 8.86. The second-order valence-electron chi connectivity index (χ2n) is 6.99. The van der Waals surface area contributed by atoms with Crippen molar-refractivity contribution in [1.82, 2.24) is 8.75 Å². The van der Waals surface area contributed by atoms with Crippen molar-refractivity contribution in [2.24, 2.45) is 0 Å². The lowest BCUT2D eigenvalue weighted by atomic mass is 10.0. The molecule has 10 nitrogen and oxygen atoms in total. The SMILES string of the molecule is CN(C)c1ccc(-c2c([N+](=O)[O-])c([N+](=O)[O-])c(-c3ccc(N(C)C)s3)c3nsnc23)s1. The lowest BCUT2D eigenvalue weighted by molar-refractivity contribution is -0.421. The van der Waals surface area contributed by atoms with Gasteiger partial charge < -0.3 is 9.80 Å². The molecular formula is C18H16N6O4S3. The Morgan fingerprint density at radius 1 is 0.742 bits per heavy atom. The fourth-order valence-electron chi connectivity index (χ4n) is 3.20. The van der Waals surface area contributed by atoms with Gasteiger partial charge in [-0.3, -0.25) is 20.2 Å². The first kappa shape index (κ1) is 21.1. The van der Waals surface area contributed by atoms with Crippen LogP contribution in [0.2, 0.25) is 0 Å². The maximum atomic E-state index is 12.2. The summed E-state index contributed by atoms with van der Waals surface area (Å²) >= 11 is 3.49. The van der Waals surface area contributed by atoms with Crippen LogP contribution in [0.15, 0.2) is 24.3 Å². The van der Waals surface area contributed by atoms with Gasteiger partial charge in [0.1, 0.15) is 22.2 Å². The minimum absolute atomic E-state index is 0.131. The molecular weight excluding hydrogens is 460 g/mol. The molecule has 0 radical (unpaired) electrons. The lowest BCUT2D eigenvalue weighted by Crippen LogP contribution is -2.05. The summed E-state index contributed by atoms with van der Waals surface area (Å²) < 4.78 is 8.62. The Balaban J connectivity index is 2.13. The summed E-state index contributed by atoms with van der Waals surface area (Å²) in [4.78, 5) is 27.8. The van der Waals surface area contributed by atoms with Crippen molar-refractivity contribution in [2.75, 3.05) is 38.0 Å². The van der Waals surface area contributed by atoms with Crippen LogP contribution in [0.4, 0.5) is 21.4 Å². The van der Waals surface area contributed by atoms with Crippen LogP contribution in [0, 0.1) is 20.2 Å². The molecule has 0 atom stereocenters. The molecule has 0 N–H and O–H groups in total. The normalized spacial score (nSPS) is 11.1. The molecule has 3 heterocycles. The van der Waals surface area contributed by atoms with Crippen molar-refractivity contribution < 1.29 is 9.85 Å². The molecule has 13 heteroatoms. The highest BCUT2D eigenvalue weighted by molar-refractivity contribution is 7.20. The molecule has 0 saturated carbocycles. The summed E-state index contributed by atoms with van der Waals surface area (Å²) in [6, 6.07) is 7.08. The van der Waals surface area contributed by atoms with Crippen molar-refractivity contribution in [3.8, 4) is 20.9 Å². The Morgan fingerprint density at radius 3 is 1.42 bits per heavy atom. The van der Waals surface area contributed by atoms with Crippen LogP contribution in [0.25, 0.3) is 31.9 Å². The van der Waals surface area contributed by atoms with E-state index in [1.165, 1.54) is 22.7 Å². The third-order valence-corrected chi connectivity index (χ3v) is 7.65. The van der Waals surface area contributed by atoms with E-state index in [2.05, 4.69) is 8.75 Å². The number of benzene rings is 1. The Labute approximate surface area is 188 Å². The number of nitrogens with zero attached hydrogens (tertiary/aromatic N) is 6. The Kier molecular flexibility index (Phi) is 5.33. The van der Waals surface area contributed by atoms with Crippen LogP contribution >= 0.6 is 34.4 Å². The average Bonchev–Trinajstić information content (AvgIpc) is 3.45. The largest absolute Gasteiger partial charge is 0.370 e. The van der Waals surface area contributed by atoms with Crippen LogP contribution in [0.3, 0.4) is 0 Å². The zero-order chi connectivity index (χ0) is 22.4. The molecule has 0 aliphatic rings. The first-order chi connectivity index (χ1) is 14.7. The van der Waals surface area contributed by atoms with Gasteiger partial charge in [0, 0.05) is 37.9 Å². The highest BCUT2D eigenvalue weighted by Gasteiger charge is 2.39. The average molecular weight is 477 g/mol. The van der Waals surface area contributed by atoms with E-state index in [0.29, 0.717) is 20.8 Å². The maximum absolute atomic E-state index is 12.2. The van der Waals surface area contributed by atoms with Crippen molar-refractivity contribution in [3.63, 3.8) is 0 Å². The predicted octanol–water partition coefficient (Wildman–Crippen LogP) is 5.10. The zero-order valence-electron chi connectivity index (χ0n) is 16.9. The quantitative estimate of drug-likeness (QED) is 0.279. The van der Waals surface area contributed by atoms with E-state index in [1.807, 2.05) is 50.1 Å². The molecule has 3 aromatic heterocycles. The monoisotopic (exact) mass is 476 g/mol. The van der Waals surface area contributed by atoms with Crippen LogP contribution < -0.4 is 9.80 Å². The fraction of sp³-hybridized carbons (Fsp3) is 0.222. The van der Waals surface area contributed by atoms with Gasteiger partial charge in [0.25, 0.3) is 0 Å². The van der Waals surface area contributed by atoms with E-state index in [-0.39, 0.29) is 11.1 Å². The van der Waals surface area contributed by atoms with Gasteiger partial charge in [-0.1, -0.05) is 0 Å². The number of hydrogen-bond acceptors (Lipinski definition) is 11. The minimum atomic E-state index is -0.689. The summed E-state index contributed by atoms with van der Waals surface area (Å²) in [5.41, 5.74) is -0.272. The highest BCUT2D eigenvalue weighted by Crippen LogP contribution is 2.52. The molecule has 0 saturated heterocycles. The van der Waals surface area contributed by atoms with E-state index in [1.54, 1.807) is 12.1 Å². The number of rotatable bonds is 6. The van der Waals surface area contributed by atoms with E-state index < -0.39 is 21.2 Å². The number of nitro groups is 2. The number of fused-ring (bicyclic) bond motifs is 1. The van der Waals surface area contributed by atoms with Gasteiger partial charge in [-0.2, -0.15) is 8.75 Å². The molecule has 0 aliphatic carbocycles. The van der Waals surface area contributed by atoms with Gasteiger partial charge in [0.15, 0.2) is 0 Å². The molecule has 4 aromatic rings. The molecule has 1 aromatic carbocycles. The van der Waals surface area contributed by atoms with E-state index in [4.69, 9.17) is 0 Å². The van der Waals surface area contributed by atoms with Gasteiger partial charge in [0.2, 0.25) is 0 Å². The Morgan fingerprint density at radius 2 is 1.13 bits per heavy atom. The lowest BCUT2D eigenvalue weighted by Gasteiger charge is -2.09. The molecule has 0 spiro atoms. The van der Waals surface area contributed by atoms with Gasteiger partial charge in [-0.25, -0.2) is 0 Å². The minimum Gasteiger partial charge on any atom is -0.370 e. The topological polar surface area (TPSA) is 119 Å². The van der Waals surface area contributed by atoms with Crippen molar-refractivity contribution >= 4 is 66.8 Å². The Hall–Kier alpha value is -3.16. The van der Waals surface area contributed by atoms with Gasteiger partial charge in [-0.05, 0) is 24.3 Å². The van der Waals surface area contributed by atoms with E-state index in [0.717, 1.165) is 21.7 Å². The zero-order valence-corrected chi connectivity index (χ0v) is 19.3. The number of nitro benzene ring substituents is 2. The van der Waals surface area contributed by atoms with Crippen molar-refractivity contribution in [1.29, 1.82) is 0 Å². The van der Waals surface area contributed by atoms with Crippen LogP contribution in [0.1, 0.15) is 0 Å². The molecule has 0 aliphatic heterocycles. The smallest absolute Gasteiger partial charge is 0.357 e. The van der Waals surface area contributed by atoms with Gasteiger partial charge in [0.05, 0.1) is 31.6 Å². The molecule has 0 fully saturated rings. The summed E-state index contributed by atoms with van der Waals surface area (Å²) in [6.07, 6.45) is 0. The van der Waals surface area contributed by atoms with Gasteiger partial charge in [-0.15, -0.1) is 22.7 Å².